The summed E-state index contributed by atoms with van der Waals surface area (Å²) in [4.78, 5) is 13.6. The number of rotatable bonds is 8. The zero-order valence-electron chi connectivity index (χ0n) is 11.5. The molecule has 5 nitrogen and oxygen atoms in total. The SMILES string of the molecule is N#CCNC(=O)CN(CCCO)Cc1ccc(Cl)c(Cl)c1. The molecule has 0 aliphatic carbocycles. The van der Waals surface area contributed by atoms with Gasteiger partial charge in [-0.25, -0.2) is 0 Å². The Hall–Kier alpha value is -1.32. The van der Waals surface area contributed by atoms with Crippen LogP contribution in [-0.2, 0) is 11.3 Å². The van der Waals surface area contributed by atoms with Gasteiger partial charge in [0.25, 0.3) is 0 Å². The second kappa shape index (κ2) is 9.59. The Morgan fingerprint density at radius 1 is 1.38 bits per heavy atom. The summed E-state index contributed by atoms with van der Waals surface area (Å²) < 4.78 is 0. The van der Waals surface area contributed by atoms with E-state index < -0.39 is 0 Å². The minimum atomic E-state index is -0.227. The highest BCUT2D eigenvalue weighted by molar-refractivity contribution is 6.42. The van der Waals surface area contributed by atoms with Crippen molar-refractivity contribution in [1.29, 1.82) is 5.26 Å². The van der Waals surface area contributed by atoms with E-state index >= 15 is 0 Å². The van der Waals surface area contributed by atoms with E-state index in [0.717, 1.165) is 5.56 Å². The molecule has 0 atom stereocenters. The fourth-order valence-corrected chi connectivity index (χ4v) is 2.12. The zero-order chi connectivity index (χ0) is 15.7. The van der Waals surface area contributed by atoms with Crippen LogP contribution >= 0.6 is 23.2 Å². The predicted octanol–water partition coefficient (Wildman–Crippen LogP) is 1.82. The van der Waals surface area contributed by atoms with Gasteiger partial charge in [0.1, 0.15) is 6.54 Å². The molecular weight excluding hydrogens is 313 g/mol. The molecule has 1 amide bonds. The first kappa shape index (κ1) is 17.7. The van der Waals surface area contributed by atoms with Crippen LogP contribution in [0.15, 0.2) is 18.2 Å². The number of nitrogens with zero attached hydrogens (tertiary/aromatic N) is 2. The zero-order valence-corrected chi connectivity index (χ0v) is 13.0. The van der Waals surface area contributed by atoms with Crippen LogP contribution in [0.25, 0.3) is 0 Å². The molecule has 0 aliphatic heterocycles. The molecule has 0 aliphatic rings. The normalized spacial score (nSPS) is 10.4. The number of nitriles is 1. The number of halogens is 2. The number of aliphatic hydroxyl groups is 1. The van der Waals surface area contributed by atoms with Gasteiger partial charge in [0.2, 0.25) is 5.91 Å². The molecule has 21 heavy (non-hydrogen) atoms. The Morgan fingerprint density at radius 2 is 2.14 bits per heavy atom. The minimum Gasteiger partial charge on any atom is -0.396 e. The highest BCUT2D eigenvalue weighted by Crippen LogP contribution is 2.23. The first-order chi connectivity index (χ1) is 10.1. The first-order valence-electron chi connectivity index (χ1n) is 6.47. The van der Waals surface area contributed by atoms with E-state index in [-0.39, 0.29) is 25.6 Å². The number of carbonyl (C=O) groups is 1. The summed E-state index contributed by atoms with van der Waals surface area (Å²) in [6.07, 6.45) is 0.562. The Bertz CT molecular complexity index is 517. The standard InChI is InChI=1S/C14H17Cl2N3O2/c15-12-3-2-11(8-13(12)16)9-19(6-1-7-20)10-14(21)18-5-4-17/h2-3,8,20H,1,5-7,9-10H2,(H,18,21). The summed E-state index contributed by atoms with van der Waals surface area (Å²) in [5.41, 5.74) is 0.926. The number of hydrogen-bond acceptors (Lipinski definition) is 4. The van der Waals surface area contributed by atoms with Crippen LogP contribution in [-0.4, -0.2) is 42.2 Å². The van der Waals surface area contributed by atoms with Gasteiger partial charge in [-0.05, 0) is 24.1 Å². The van der Waals surface area contributed by atoms with Crippen molar-refractivity contribution in [3.05, 3.63) is 33.8 Å². The molecule has 0 heterocycles. The van der Waals surface area contributed by atoms with Crippen molar-refractivity contribution in [3.63, 3.8) is 0 Å². The van der Waals surface area contributed by atoms with E-state index in [1.165, 1.54) is 0 Å². The maximum absolute atomic E-state index is 11.7. The van der Waals surface area contributed by atoms with Gasteiger partial charge < -0.3 is 10.4 Å². The van der Waals surface area contributed by atoms with Crippen LogP contribution < -0.4 is 5.32 Å². The lowest BCUT2D eigenvalue weighted by atomic mass is 10.2. The van der Waals surface area contributed by atoms with Crippen LogP contribution in [0.3, 0.4) is 0 Å². The highest BCUT2D eigenvalue weighted by atomic mass is 35.5. The number of carbonyl (C=O) groups excluding carboxylic acids is 1. The van der Waals surface area contributed by atoms with Gasteiger partial charge in [-0.2, -0.15) is 5.26 Å². The number of benzene rings is 1. The molecule has 0 unspecified atom stereocenters. The van der Waals surface area contributed by atoms with E-state index in [2.05, 4.69) is 5.32 Å². The summed E-state index contributed by atoms with van der Waals surface area (Å²) in [6.45, 7) is 1.27. The third kappa shape index (κ3) is 6.78. The Kier molecular flexibility index (Phi) is 8.09. The van der Waals surface area contributed by atoms with E-state index in [0.29, 0.717) is 29.6 Å². The molecule has 0 saturated carbocycles. The molecule has 0 saturated heterocycles. The molecule has 2 N–H and O–H groups in total. The average molecular weight is 330 g/mol. The summed E-state index contributed by atoms with van der Waals surface area (Å²) >= 11 is 11.8. The van der Waals surface area contributed by atoms with E-state index in [9.17, 15) is 4.79 Å². The molecule has 1 aromatic carbocycles. The Labute approximate surface area is 134 Å². The molecule has 0 fully saturated rings. The van der Waals surface area contributed by atoms with Gasteiger partial charge in [0, 0.05) is 19.7 Å². The predicted molar refractivity (Wildman–Crippen MR) is 82.1 cm³/mol. The minimum absolute atomic E-state index is 0.0144. The third-order valence-electron chi connectivity index (χ3n) is 2.75. The molecular formula is C14H17Cl2N3O2. The summed E-state index contributed by atoms with van der Waals surface area (Å²) in [6, 6.07) is 7.16. The van der Waals surface area contributed by atoms with Gasteiger partial charge in [-0.15, -0.1) is 0 Å². The second-order valence-electron chi connectivity index (χ2n) is 4.47. The molecule has 1 aromatic rings. The lowest BCUT2D eigenvalue weighted by Crippen LogP contribution is -2.37. The van der Waals surface area contributed by atoms with Crippen LogP contribution in [0, 0.1) is 11.3 Å². The molecule has 0 bridgehead atoms. The van der Waals surface area contributed by atoms with Gasteiger partial charge in [0.15, 0.2) is 0 Å². The maximum atomic E-state index is 11.7. The fraction of sp³-hybridized carbons (Fsp3) is 0.429. The lowest BCUT2D eigenvalue weighted by Gasteiger charge is -2.21. The van der Waals surface area contributed by atoms with Crippen molar-refractivity contribution in [2.75, 3.05) is 26.2 Å². The summed E-state index contributed by atoms with van der Waals surface area (Å²) in [5, 5.41) is 20.8. The van der Waals surface area contributed by atoms with Crippen molar-refractivity contribution >= 4 is 29.1 Å². The van der Waals surface area contributed by atoms with Crippen molar-refractivity contribution in [1.82, 2.24) is 10.2 Å². The van der Waals surface area contributed by atoms with Gasteiger partial charge in [0.05, 0.1) is 22.7 Å². The van der Waals surface area contributed by atoms with Crippen LogP contribution in [0.2, 0.25) is 10.0 Å². The van der Waals surface area contributed by atoms with Crippen molar-refractivity contribution in [3.8, 4) is 6.07 Å². The van der Waals surface area contributed by atoms with Crippen molar-refractivity contribution in [2.24, 2.45) is 0 Å². The van der Waals surface area contributed by atoms with Crippen LogP contribution in [0.1, 0.15) is 12.0 Å². The van der Waals surface area contributed by atoms with Gasteiger partial charge in [-0.1, -0.05) is 29.3 Å². The molecule has 0 radical (unpaired) electrons. The Balaban J connectivity index is 2.66. The van der Waals surface area contributed by atoms with Crippen molar-refractivity contribution < 1.29 is 9.90 Å². The van der Waals surface area contributed by atoms with Gasteiger partial charge in [-0.3, -0.25) is 9.69 Å². The number of nitrogens with one attached hydrogen (secondary N) is 1. The highest BCUT2D eigenvalue weighted by Gasteiger charge is 2.11. The summed E-state index contributed by atoms with van der Waals surface area (Å²) in [7, 11) is 0. The quantitative estimate of drug-likeness (QED) is 0.713. The van der Waals surface area contributed by atoms with E-state index in [4.69, 9.17) is 33.6 Å². The smallest absolute Gasteiger partial charge is 0.235 e. The number of hydrogen-bond donors (Lipinski definition) is 2. The Morgan fingerprint density at radius 3 is 2.76 bits per heavy atom. The fourth-order valence-electron chi connectivity index (χ4n) is 1.80. The first-order valence-corrected chi connectivity index (χ1v) is 7.23. The average Bonchev–Trinajstić information content (AvgIpc) is 2.46. The second-order valence-corrected chi connectivity index (χ2v) is 5.29. The maximum Gasteiger partial charge on any atom is 0.235 e. The number of aliphatic hydroxyl groups excluding tert-OH is 1. The van der Waals surface area contributed by atoms with Crippen LogP contribution in [0.4, 0.5) is 0 Å². The van der Waals surface area contributed by atoms with E-state index in [1.54, 1.807) is 12.1 Å². The number of amides is 1. The molecule has 0 spiro atoms. The van der Waals surface area contributed by atoms with Crippen LogP contribution in [0.5, 0.6) is 0 Å². The monoisotopic (exact) mass is 329 g/mol. The van der Waals surface area contributed by atoms with Crippen molar-refractivity contribution in [2.45, 2.75) is 13.0 Å². The topological polar surface area (TPSA) is 76.4 Å². The largest absolute Gasteiger partial charge is 0.396 e. The molecule has 1 rings (SSSR count). The lowest BCUT2D eigenvalue weighted by molar-refractivity contribution is -0.122. The van der Waals surface area contributed by atoms with Gasteiger partial charge >= 0.3 is 0 Å². The molecule has 114 valence electrons. The molecule has 7 heteroatoms. The molecule has 0 aromatic heterocycles. The third-order valence-corrected chi connectivity index (χ3v) is 3.49. The summed E-state index contributed by atoms with van der Waals surface area (Å²) in [5.74, 6) is -0.227. The van der Waals surface area contributed by atoms with E-state index in [1.807, 2.05) is 17.0 Å².